The highest BCUT2D eigenvalue weighted by Gasteiger charge is 2.39. The molecule has 1 N–H and O–H groups in total. The molecule has 6 rings (SSSR count). The lowest BCUT2D eigenvalue weighted by Gasteiger charge is -2.26. The Bertz CT molecular complexity index is 1630. The summed E-state index contributed by atoms with van der Waals surface area (Å²) in [4.78, 5) is 21.4. The zero-order chi connectivity index (χ0) is 26.4. The second kappa shape index (κ2) is 9.68. The number of anilines is 3. The molecule has 0 unspecified atom stereocenters. The summed E-state index contributed by atoms with van der Waals surface area (Å²) in [5.41, 5.74) is 4.59. The first kappa shape index (κ1) is 24.8. The number of aromatic nitrogens is 1. The highest BCUT2D eigenvalue weighted by atomic mass is 35.5. The maximum absolute atomic E-state index is 13.7. The first-order valence-corrected chi connectivity index (χ1v) is 14.7. The van der Waals surface area contributed by atoms with Gasteiger partial charge in [-0.15, -0.1) is 11.3 Å². The molecule has 4 aromatic rings. The summed E-state index contributed by atoms with van der Waals surface area (Å²) in [6.07, 6.45) is 2.94. The molecule has 7 nitrogen and oxygen atoms in total. The fraction of sp³-hybridized carbons (Fsp3) is 0.185. The number of fused-ring (bicyclic) bond motifs is 1. The summed E-state index contributed by atoms with van der Waals surface area (Å²) < 4.78 is 41.5. The van der Waals surface area contributed by atoms with Gasteiger partial charge in [0.05, 0.1) is 9.92 Å². The Hall–Kier alpha value is -3.47. The number of nitrogens with one attached hydrogen (secondary N) is 1. The van der Waals surface area contributed by atoms with Gasteiger partial charge in [-0.05, 0) is 72.0 Å². The van der Waals surface area contributed by atoms with E-state index in [1.165, 1.54) is 35.7 Å². The van der Waals surface area contributed by atoms with E-state index >= 15 is 0 Å². The molecule has 2 aliphatic heterocycles. The third kappa shape index (κ3) is 4.42. The van der Waals surface area contributed by atoms with Gasteiger partial charge >= 0.3 is 0 Å². The molecule has 0 saturated carbocycles. The van der Waals surface area contributed by atoms with Gasteiger partial charge in [0.25, 0.3) is 10.0 Å². The number of benzene rings is 3. The van der Waals surface area contributed by atoms with Crippen LogP contribution >= 0.6 is 22.9 Å². The minimum atomic E-state index is -3.77. The predicted molar refractivity (Wildman–Crippen MR) is 148 cm³/mol. The molecule has 1 amide bonds. The van der Waals surface area contributed by atoms with Crippen LogP contribution in [0.25, 0.3) is 11.1 Å². The van der Waals surface area contributed by atoms with E-state index in [1.54, 1.807) is 34.5 Å². The largest absolute Gasteiger partial charge is 0.359 e. The lowest BCUT2D eigenvalue weighted by Crippen LogP contribution is -2.41. The van der Waals surface area contributed by atoms with Crippen LogP contribution < -0.4 is 14.5 Å². The number of nitrogens with zero attached hydrogens (tertiary/aromatic N) is 3. The average Bonchev–Trinajstić information content (AvgIpc) is 3.65. The zero-order valence-corrected chi connectivity index (χ0v) is 22.4. The Balaban J connectivity index is 1.21. The lowest BCUT2D eigenvalue weighted by atomic mass is 9.98. The molecule has 2 aliphatic rings. The van der Waals surface area contributed by atoms with Crippen LogP contribution in [0, 0.1) is 5.82 Å². The molecular formula is C27H22ClFN4O3S2. The first-order chi connectivity index (χ1) is 18.3. The molecule has 3 aromatic carbocycles. The molecule has 194 valence electrons. The zero-order valence-electron chi connectivity index (χ0n) is 20.0. The molecule has 0 spiro atoms. The van der Waals surface area contributed by atoms with E-state index in [0.29, 0.717) is 30.3 Å². The number of carbonyl (C=O) groups is 1. The lowest BCUT2D eigenvalue weighted by molar-refractivity contribution is -0.118. The van der Waals surface area contributed by atoms with Gasteiger partial charge in [0.2, 0.25) is 5.91 Å². The van der Waals surface area contributed by atoms with E-state index in [-0.39, 0.29) is 21.9 Å². The summed E-state index contributed by atoms with van der Waals surface area (Å²) in [6.45, 7) is 1.23. The van der Waals surface area contributed by atoms with Crippen LogP contribution in [0.1, 0.15) is 12.0 Å². The van der Waals surface area contributed by atoms with Gasteiger partial charge < -0.3 is 9.80 Å². The molecule has 3 heterocycles. The topological polar surface area (TPSA) is 82.6 Å². The van der Waals surface area contributed by atoms with E-state index < -0.39 is 15.8 Å². The maximum atomic E-state index is 13.7. The number of hydrogen-bond donors (Lipinski definition) is 1. The first-order valence-electron chi connectivity index (χ1n) is 12.0. The van der Waals surface area contributed by atoms with Gasteiger partial charge in [-0.2, -0.15) is 0 Å². The molecule has 38 heavy (non-hydrogen) atoms. The number of thiazole rings is 1. The van der Waals surface area contributed by atoms with E-state index in [9.17, 15) is 17.6 Å². The minimum Gasteiger partial charge on any atom is -0.359 e. The van der Waals surface area contributed by atoms with Gasteiger partial charge in [0.15, 0.2) is 5.13 Å². The standard InChI is InChI=1S/C27H22ClFN4O3S2/c28-22-16-17(4-9-23(22)29)20-2-1-3-24-21(20)10-13-33(24)25-11-14-32(26(25)34)18-5-7-19(8-6-18)38(35,36)31-27-30-12-15-37-27/h1-9,12,15-16,25H,10-11,13-14H2,(H,30,31)/t25-/m0/s1. The summed E-state index contributed by atoms with van der Waals surface area (Å²) in [5, 5.41) is 2.06. The Labute approximate surface area is 228 Å². The van der Waals surface area contributed by atoms with E-state index in [4.69, 9.17) is 11.6 Å². The Morgan fingerprint density at radius 1 is 1.08 bits per heavy atom. The Morgan fingerprint density at radius 2 is 1.89 bits per heavy atom. The van der Waals surface area contributed by atoms with Gasteiger partial charge in [-0.1, -0.05) is 29.8 Å². The van der Waals surface area contributed by atoms with Crippen molar-refractivity contribution in [2.45, 2.75) is 23.8 Å². The fourth-order valence-electron chi connectivity index (χ4n) is 5.18. The molecule has 11 heteroatoms. The van der Waals surface area contributed by atoms with Crippen molar-refractivity contribution in [3.05, 3.63) is 88.6 Å². The van der Waals surface area contributed by atoms with Crippen molar-refractivity contribution in [3.8, 4) is 11.1 Å². The quantitative estimate of drug-likeness (QED) is 0.329. The van der Waals surface area contributed by atoms with Gasteiger partial charge in [-0.25, -0.2) is 17.8 Å². The number of sulfonamides is 1. The van der Waals surface area contributed by atoms with Gasteiger partial charge in [0.1, 0.15) is 11.9 Å². The van der Waals surface area contributed by atoms with Crippen molar-refractivity contribution < 1.29 is 17.6 Å². The third-order valence-corrected chi connectivity index (χ3v) is 9.42. The highest BCUT2D eigenvalue weighted by molar-refractivity contribution is 7.93. The molecule has 0 aliphatic carbocycles. The van der Waals surface area contributed by atoms with Crippen molar-refractivity contribution in [3.63, 3.8) is 0 Å². The van der Waals surface area contributed by atoms with Crippen LogP contribution in [0.2, 0.25) is 5.02 Å². The average molecular weight is 569 g/mol. The van der Waals surface area contributed by atoms with Crippen LogP contribution in [0.4, 0.5) is 20.9 Å². The van der Waals surface area contributed by atoms with Crippen LogP contribution in [0.15, 0.2) is 77.1 Å². The van der Waals surface area contributed by atoms with Gasteiger partial charge in [0, 0.05) is 36.0 Å². The van der Waals surface area contributed by atoms with Crippen LogP contribution in [0.5, 0.6) is 0 Å². The summed E-state index contributed by atoms with van der Waals surface area (Å²) >= 11 is 7.23. The van der Waals surface area contributed by atoms with Crippen LogP contribution in [-0.4, -0.2) is 38.4 Å². The number of halogens is 2. The normalized spacial score (nSPS) is 17.2. The Kier molecular flexibility index (Phi) is 6.33. The van der Waals surface area contributed by atoms with E-state index in [1.807, 2.05) is 18.2 Å². The van der Waals surface area contributed by atoms with Crippen molar-refractivity contribution in [2.24, 2.45) is 0 Å². The number of hydrogen-bond acceptors (Lipinski definition) is 6. The van der Waals surface area contributed by atoms with Crippen molar-refractivity contribution >= 4 is 55.4 Å². The van der Waals surface area contributed by atoms with Gasteiger partial charge in [-0.3, -0.25) is 9.52 Å². The molecule has 1 fully saturated rings. The maximum Gasteiger partial charge on any atom is 0.263 e. The molecule has 0 radical (unpaired) electrons. The SMILES string of the molecule is O=C1[C@@H](N2CCc3c(-c4ccc(F)c(Cl)c4)cccc32)CCN1c1ccc(S(=O)(=O)Nc2nccs2)cc1. The molecule has 1 saturated heterocycles. The second-order valence-corrected chi connectivity index (χ2v) is 12.1. The fourth-order valence-corrected chi connectivity index (χ4v) is 7.15. The summed E-state index contributed by atoms with van der Waals surface area (Å²) in [6, 6.07) is 16.7. The highest BCUT2D eigenvalue weighted by Crippen LogP contribution is 2.40. The van der Waals surface area contributed by atoms with Crippen molar-refractivity contribution in [1.82, 2.24) is 4.98 Å². The molecule has 1 aromatic heterocycles. The van der Waals surface area contributed by atoms with E-state index in [2.05, 4.69) is 14.6 Å². The number of rotatable bonds is 6. The molecule has 1 atom stereocenters. The predicted octanol–water partition coefficient (Wildman–Crippen LogP) is 5.57. The summed E-state index contributed by atoms with van der Waals surface area (Å²) in [7, 11) is -3.77. The number of carbonyl (C=O) groups excluding carboxylic acids is 1. The monoisotopic (exact) mass is 568 g/mol. The van der Waals surface area contributed by atoms with Crippen molar-refractivity contribution in [2.75, 3.05) is 27.6 Å². The van der Waals surface area contributed by atoms with E-state index in [0.717, 1.165) is 28.8 Å². The number of amides is 1. The summed E-state index contributed by atoms with van der Waals surface area (Å²) in [5.74, 6) is -0.479. The van der Waals surface area contributed by atoms with Crippen LogP contribution in [0.3, 0.4) is 0 Å². The van der Waals surface area contributed by atoms with Crippen molar-refractivity contribution in [1.29, 1.82) is 0 Å². The molecular weight excluding hydrogens is 547 g/mol. The Morgan fingerprint density at radius 3 is 2.63 bits per heavy atom. The van der Waals surface area contributed by atoms with Crippen LogP contribution in [-0.2, 0) is 21.2 Å². The third-order valence-electron chi connectivity index (χ3n) is 6.96. The smallest absolute Gasteiger partial charge is 0.263 e. The second-order valence-electron chi connectivity index (χ2n) is 9.11. The minimum absolute atomic E-state index is 0.0235. The molecule has 0 bridgehead atoms.